The molecule has 0 aliphatic heterocycles. The first-order valence-electron chi connectivity index (χ1n) is 5.69. The van der Waals surface area contributed by atoms with Crippen molar-refractivity contribution in [1.82, 2.24) is 4.90 Å². The lowest BCUT2D eigenvalue weighted by atomic mass is 10.1. The van der Waals surface area contributed by atoms with Gasteiger partial charge >= 0.3 is 0 Å². The highest BCUT2D eigenvalue weighted by molar-refractivity contribution is 7.80. The van der Waals surface area contributed by atoms with Crippen LogP contribution in [0.3, 0.4) is 0 Å². The molecule has 1 aromatic rings. The van der Waals surface area contributed by atoms with Crippen LogP contribution in [0, 0.1) is 0 Å². The zero-order valence-electron chi connectivity index (χ0n) is 9.86. The number of nitrogens with two attached hydrogens (primary N) is 1. The van der Waals surface area contributed by atoms with E-state index in [1.54, 1.807) is 0 Å². The van der Waals surface area contributed by atoms with Crippen molar-refractivity contribution in [3.05, 3.63) is 35.9 Å². The van der Waals surface area contributed by atoms with Crippen molar-refractivity contribution >= 4 is 17.2 Å². The molecule has 3 heteroatoms. The Balaban J connectivity index is 2.13. The lowest BCUT2D eigenvalue weighted by Gasteiger charge is -2.15. The summed E-state index contributed by atoms with van der Waals surface area (Å²) in [6.07, 6.45) is 3.13. The van der Waals surface area contributed by atoms with E-state index in [1.807, 2.05) is 0 Å². The van der Waals surface area contributed by atoms with Gasteiger partial charge < -0.3 is 10.6 Å². The summed E-state index contributed by atoms with van der Waals surface area (Å²) in [4.78, 5) is 2.89. The number of thiocarbonyl (C=S) groups is 1. The van der Waals surface area contributed by atoms with Crippen LogP contribution in [0.4, 0.5) is 0 Å². The molecule has 0 amide bonds. The highest BCUT2D eigenvalue weighted by Crippen LogP contribution is 2.03. The van der Waals surface area contributed by atoms with Gasteiger partial charge in [-0.2, -0.15) is 0 Å². The van der Waals surface area contributed by atoms with Crippen LogP contribution in [0.25, 0.3) is 0 Å². The van der Waals surface area contributed by atoms with Gasteiger partial charge in [-0.25, -0.2) is 0 Å². The summed E-state index contributed by atoms with van der Waals surface area (Å²) in [5.74, 6) is 0. The van der Waals surface area contributed by atoms with Gasteiger partial charge in [0.25, 0.3) is 0 Å². The van der Waals surface area contributed by atoms with Gasteiger partial charge in [-0.1, -0.05) is 42.5 Å². The second-order valence-electron chi connectivity index (χ2n) is 4.11. The van der Waals surface area contributed by atoms with E-state index in [0.717, 1.165) is 25.9 Å². The second kappa shape index (κ2) is 7.36. The summed E-state index contributed by atoms with van der Waals surface area (Å²) < 4.78 is 0. The third-order valence-electron chi connectivity index (χ3n) is 2.59. The summed E-state index contributed by atoms with van der Waals surface area (Å²) in [6, 6.07) is 10.6. The molecule has 2 N–H and O–H groups in total. The maximum Gasteiger partial charge on any atom is 0.0740 e. The summed E-state index contributed by atoms with van der Waals surface area (Å²) >= 11 is 4.85. The third-order valence-corrected chi connectivity index (χ3v) is 2.79. The molecule has 0 radical (unpaired) electrons. The molecule has 0 atom stereocenters. The van der Waals surface area contributed by atoms with Crippen LogP contribution in [0.15, 0.2) is 30.3 Å². The first kappa shape index (κ1) is 13.1. The van der Waals surface area contributed by atoms with Gasteiger partial charge in [-0.15, -0.1) is 0 Å². The lowest BCUT2D eigenvalue weighted by molar-refractivity contribution is 0.339. The van der Waals surface area contributed by atoms with Crippen molar-refractivity contribution in [2.24, 2.45) is 5.73 Å². The fourth-order valence-corrected chi connectivity index (χ4v) is 1.70. The smallest absolute Gasteiger partial charge is 0.0740 e. The molecular formula is C13H20N2S. The van der Waals surface area contributed by atoms with Crippen LogP contribution in [-0.4, -0.2) is 30.0 Å². The predicted molar refractivity (Wildman–Crippen MR) is 73.7 cm³/mol. The fraction of sp³-hybridized carbons (Fsp3) is 0.462. The zero-order chi connectivity index (χ0) is 11.8. The Labute approximate surface area is 103 Å². The Bertz CT molecular complexity index is 311. The fourth-order valence-electron chi connectivity index (χ4n) is 1.61. The van der Waals surface area contributed by atoms with Crippen LogP contribution in [0.5, 0.6) is 0 Å². The molecular weight excluding hydrogens is 216 g/mol. The molecule has 0 fully saturated rings. The van der Waals surface area contributed by atoms with E-state index in [9.17, 15) is 0 Å². The van der Waals surface area contributed by atoms with Crippen LogP contribution >= 0.6 is 12.2 Å². The third kappa shape index (κ3) is 5.83. The molecule has 1 aromatic carbocycles. The Morgan fingerprint density at radius 1 is 1.25 bits per heavy atom. The number of rotatable bonds is 7. The molecule has 0 unspecified atom stereocenters. The molecule has 0 aromatic heterocycles. The minimum atomic E-state index is 0.606. The maximum absolute atomic E-state index is 5.47. The maximum atomic E-state index is 5.47. The molecule has 0 aliphatic carbocycles. The van der Waals surface area contributed by atoms with E-state index < -0.39 is 0 Å². The average Bonchev–Trinajstić information content (AvgIpc) is 2.28. The van der Waals surface area contributed by atoms with Gasteiger partial charge in [-0.05, 0) is 32.0 Å². The predicted octanol–water partition coefficient (Wildman–Crippen LogP) is 2.23. The van der Waals surface area contributed by atoms with Gasteiger partial charge in [0.1, 0.15) is 0 Å². The number of aryl methyl sites for hydroxylation is 1. The molecule has 0 aliphatic rings. The Kier molecular flexibility index (Phi) is 6.04. The summed E-state index contributed by atoms with van der Waals surface area (Å²) in [5, 5.41) is 0. The van der Waals surface area contributed by atoms with E-state index in [2.05, 4.69) is 42.3 Å². The molecule has 2 nitrogen and oxygen atoms in total. The van der Waals surface area contributed by atoms with Crippen molar-refractivity contribution in [3.63, 3.8) is 0 Å². The van der Waals surface area contributed by atoms with Gasteiger partial charge in [0.05, 0.1) is 4.99 Å². The Morgan fingerprint density at radius 3 is 2.56 bits per heavy atom. The quantitative estimate of drug-likeness (QED) is 0.736. The Morgan fingerprint density at radius 2 is 1.94 bits per heavy atom. The van der Waals surface area contributed by atoms with Crippen molar-refractivity contribution in [3.8, 4) is 0 Å². The number of hydrogen-bond acceptors (Lipinski definition) is 2. The zero-order valence-corrected chi connectivity index (χ0v) is 10.7. The SMILES string of the molecule is CN(CCCc1ccccc1)CCC(N)=S. The van der Waals surface area contributed by atoms with Gasteiger partial charge in [-0.3, -0.25) is 0 Å². The van der Waals surface area contributed by atoms with Crippen LogP contribution < -0.4 is 5.73 Å². The highest BCUT2D eigenvalue weighted by atomic mass is 32.1. The molecule has 0 heterocycles. The molecule has 0 saturated carbocycles. The monoisotopic (exact) mass is 236 g/mol. The van der Waals surface area contributed by atoms with E-state index in [4.69, 9.17) is 18.0 Å². The van der Waals surface area contributed by atoms with Gasteiger partial charge in [0, 0.05) is 13.0 Å². The van der Waals surface area contributed by atoms with Crippen LogP contribution in [0.1, 0.15) is 18.4 Å². The van der Waals surface area contributed by atoms with E-state index in [0.29, 0.717) is 4.99 Å². The van der Waals surface area contributed by atoms with Gasteiger partial charge in [0.15, 0.2) is 0 Å². The van der Waals surface area contributed by atoms with E-state index >= 15 is 0 Å². The summed E-state index contributed by atoms with van der Waals surface area (Å²) in [5.41, 5.74) is 6.87. The molecule has 16 heavy (non-hydrogen) atoms. The molecule has 0 saturated heterocycles. The van der Waals surface area contributed by atoms with E-state index in [-0.39, 0.29) is 0 Å². The van der Waals surface area contributed by atoms with Crippen molar-refractivity contribution in [1.29, 1.82) is 0 Å². The van der Waals surface area contributed by atoms with Crippen molar-refractivity contribution < 1.29 is 0 Å². The number of hydrogen-bond donors (Lipinski definition) is 1. The number of benzene rings is 1. The van der Waals surface area contributed by atoms with E-state index in [1.165, 1.54) is 12.0 Å². The molecule has 0 bridgehead atoms. The largest absolute Gasteiger partial charge is 0.393 e. The Hall–Kier alpha value is -0.930. The molecule has 0 spiro atoms. The standard InChI is InChI=1S/C13H20N2S/c1-15(11-9-13(14)16)10-5-8-12-6-3-2-4-7-12/h2-4,6-7H,5,8-11H2,1H3,(H2,14,16). The van der Waals surface area contributed by atoms with Crippen LogP contribution in [0.2, 0.25) is 0 Å². The minimum absolute atomic E-state index is 0.606. The van der Waals surface area contributed by atoms with Crippen LogP contribution in [-0.2, 0) is 6.42 Å². The lowest BCUT2D eigenvalue weighted by Crippen LogP contribution is -2.25. The van der Waals surface area contributed by atoms with Crippen molar-refractivity contribution in [2.45, 2.75) is 19.3 Å². The topological polar surface area (TPSA) is 29.3 Å². The summed E-state index contributed by atoms with van der Waals surface area (Å²) in [6.45, 7) is 2.06. The normalized spacial score (nSPS) is 10.6. The molecule has 88 valence electrons. The highest BCUT2D eigenvalue weighted by Gasteiger charge is 1.99. The first-order chi connectivity index (χ1) is 7.68. The van der Waals surface area contributed by atoms with Gasteiger partial charge in [0.2, 0.25) is 0 Å². The first-order valence-corrected chi connectivity index (χ1v) is 6.10. The average molecular weight is 236 g/mol. The second-order valence-corrected chi connectivity index (χ2v) is 4.63. The van der Waals surface area contributed by atoms with Crippen molar-refractivity contribution in [2.75, 3.05) is 20.1 Å². The minimum Gasteiger partial charge on any atom is -0.393 e. The summed E-state index contributed by atoms with van der Waals surface area (Å²) in [7, 11) is 2.11. The molecule has 1 rings (SSSR count). The number of nitrogens with zero attached hydrogens (tertiary/aromatic N) is 1.